The number of carbonyl (C=O) groups is 1. The van der Waals surface area contributed by atoms with Gasteiger partial charge in [0, 0.05) is 44.1 Å². The number of nitrogens with one attached hydrogen (secondary N) is 2. The van der Waals surface area contributed by atoms with E-state index in [-0.39, 0.29) is 12.5 Å². The van der Waals surface area contributed by atoms with Gasteiger partial charge in [-0.25, -0.2) is 4.99 Å². The van der Waals surface area contributed by atoms with E-state index in [1.54, 1.807) is 0 Å². The highest BCUT2D eigenvalue weighted by Crippen LogP contribution is 2.20. The van der Waals surface area contributed by atoms with Crippen LogP contribution in [-0.2, 0) is 11.3 Å². The standard InChI is InChI=1S/C20H33N5OS/c1-2-21-20(23-14-19(26)25-10-3-4-11-25)22-13-17-7-5-9-24(15-17)16-18-8-6-12-27-18/h6,8,12,17H,2-5,7,9-11,13-16H2,1H3,(H2,21,22,23). The van der Waals surface area contributed by atoms with Crippen LogP contribution in [0.25, 0.3) is 0 Å². The first-order chi connectivity index (χ1) is 13.2. The summed E-state index contributed by atoms with van der Waals surface area (Å²) < 4.78 is 0. The zero-order chi connectivity index (χ0) is 18.9. The van der Waals surface area contributed by atoms with Crippen molar-refractivity contribution in [3.63, 3.8) is 0 Å². The van der Waals surface area contributed by atoms with E-state index in [9.17, 15) is 4.79 Å². The maximum atomic E-state index is 12.2. The van der Waals surface area contributed by atoms with Crippen LogP contribution in [0.4, 0.5) is 0 Å². The van der Waals surface area contributed by atoms with Gasteiger partial charge in [-0.1, -0.05) is 6.07 Å². The summed E-state index contributed by atoms with van der Waals surface area (Å²) in [7, 11) is 0. The lowest BCUT2D eigenvalue weighted by molar-refractivity contribution is -0.128. The third kappa shape index (κ3) is 6.50. The molecule has 0 saturated carbocycles. The normalized spacial score (nSPS) is 21.4. The van der Waals surface area contributed by atoms with Gasteiger partial charge in [0.15, 0.2) is 5.96 Å². The molecule has 2 aliphatic heterocycles. The molecule has 1 unspecified atom stereocenters. The largest absolute Gasteiger partial charge is 0.357 e. The van der Waals surface area contributed by atoms with Gasteiger partial charge in [0.1, 0.15) is 6.54 Å². The van der Waals surface area contributed by atoms with E-state index in [4.69, 9.17) is 0 Å². The Morgan fingerprint density at radius 1 is 1.26 bits per heavy atom. The molecule has 1 aromatic heterocycles. The molecule has 2 fully saturated rings. The third-order valence-corrected chi connectivity index (χ3v) is 6.16. The number of nitrogens with zero attached hydrogens (tertiary/aromatic N) is 3. The molecular weight excluding hydrogens is 358 g/mol. The van der Waals surface area contributed by atoms with Gasteiger partial charge in [-0.3, -0.25) is 9.69 Å². The molecule has 3 rings (SSSR count). The number of guanidine groups is 1. The zero-order valence-corrected chi connectivity index (χ0v) is 17.3. The van der Waals surface area contributed by atoms with Crippen LogP contribution in [0, 0.1) is 5.92 Å². The lowest BCUT2D eigenvalue weighted by Gasteiger charge is -2.32. The Morgan fingerprint density at radius 3 is 2.85 bits per heavy atom. The predicted molar refractivity (Wildman–Crippen MR) is 112 cm³/mol. The van der Waals surface area contributed by atoms with Gasteiger partial charge < -0.3 is 15.5 Å². The summed E-state index contributed by atoms with van der Waals surface area (Å²) in [6.07, 6.45) is 4.74. The Bertz CT molecular complexity index is 598. The highest BCUT2D eigenvalue weighted by atomic mass is 32.1. The van der Waals surface area contributed by atoms with Gasteiger partial charge in [-0.15, -0.1) is 11.3 Å². The molecule has 0 aliphatic carbocycles. The summed E-state index contributed by atoms with van der Waals surface area (Å²) in [5, 5.41) is 8.89. The van der Waals surface area contributed by atoms with Crippen LogP contribution in [0.1, 0.15) is 37.5 Å². The van der Waals surface area contributed by atoms with E-state index in [1.807, 2.05) is 16.2 Å². The molecule has 0 bridgehead atoms. The lowest BCUT2D eigenvalue weighted by Crippen LogP contribution is -2.44. The van der Waals surface area contributed by atoms with Crippen molar-refractivity contribution in [1.82, 2.24) is 20.4 Å². The third-order valence-electron chi connectivity index (χ3n) is 5.30. The van der Waals surface area contributed by atoms with E-state index in [0.29, 0.717) is 5.92 Å². The van der Waals surface area contributed by atoms with Gasteiger partial charge in [0.25, 0.3) is 0 Å². The van der Waals surface area contributed by atoms with Crippen molar-refractivity contribution in [3.8, 4) is 0 Å². The lowest BCUT2D eigenvalue weighted by atomic mass is 9.98. The number of hydrogen-bond acceptors (Lipinski definition) is 4. The van der Waals surface area contributed by atoms with E-state index < -0.39 is 0 Å². The molecule has 0 radical (unpaired) electrons. The molecule has 1 aromatic rings. The maximum Gasteiger partial charge on any atom is 0.244 e. The molecule has 1 amide bonds. The summed E-state index contributed by atoms with van der Waals surface area (Å²) in [6, 6.07) is 4.35. The maximum absolute atomic E-state index is 12.2. The molecular formula is C20H33N5OS. The van der Waals surface area contributed by atoms with E-state index in [2.05, 4.69) is 45.0 Å². The first kappa shape index (κ1) is 20.1. The summed E-state index contributed by atoms with van der Waals surface area (Å²) in [6.45, 7) is 9.16. The fourth-order valence-corrected chi connectivity index (χ4v) is 4.63. The summed E-state index contributed by atoms with van der Waals surface area (Å²) >= 11 is 1.84. The van der Waals surface area contributed by atoms with Crippen LogP contribution in [0.15, 0.2) is 22.5 Å². The first-order valence-corrected chi connectivity index (χ1v) is 11.2. The molecule has 6 nitrogen and oxygen atoms in total. The van der Waals surface area contributed by atoms with Crippen LogP contribution >= 0.6 is 11.3 Å². The number of carbonyl (C=O) groups excluding carboxylic acids is 1. The van der Waals surface area contributed by atoms with Crippen LogP contribution < -0.4 is 10.6 Å². The van der Waals surface area contributed by atoms with Crippen molar-refractivity contribution in [1.29, 1.82) is 0 Å². The van der Waals surface area contributed by atoms with E-state index >= 15 is 0 Å². The van der Waals surface area contributed by atoms with Crippen LogP contribution in [0.3, 0.4) is 0 Å². The number of thiophene rings is 1. The molecule has 1 atom stereocenters. The topological polar surface area (TPSA) is 60.0 Å². The minimum atomic E-state index is 0.143. The Balaban J connectivity index is 1.44. The first-order valence-electron chi connectivity index (χ1n) is 10.3. The molecule has 2 saturated heterocycles. The Hall–Kier alpha value is -1.60. The highest BCUT2D eigenvalue weighted by molar-refractivity contribution is 7.09. The fraction of sp³-hybridized carbons (Fsp3) is 0.700. The summed E-state index contributed by atoms with van der Waals surface area (Å²) in [4.78, 5) is 22.7. The highest BCUT2D eigenvalue weighted by Gasteiger charge is 2.21. The molecule has 7 heteroatoms. The zero-order valence-electron chi connectivity index (χ0n) is 16.5. The molecule has 0 spiro atoms. The number of likely N-dealkylation sites (tertiary alicyclic amines) is 2. The second kappa shape index (κ2) is 10.7. The van der Waals surface area contributed by atoms with Gasteiger partial charge in [0.05, 0.1) is 0 Å². The Kier molecular flexibility index (Phi) is 7.95. The number of amides is 1. The van der Waals surface area contributed by atoms with Crippen LogP contribution in [0.5, 0.6) is 0 Å². The predicted octanol–water partition coefficient (Wildman–Crippen LogP) is 2.14. The van der Waals surface area contributed by atoms with Gasteiger partial charge in [-0.05, 0) is 56.5 Å². The fourth-order valence-electron chi connectivity index (χ4n) is 3.88. The van der Waals surface area contributed by atoms with Gasteiger partial charge in [0.2, 0.25) is 5.91 Å². The summed E-state index contributed by atoms with van der Waals surface area (Å²) in [5.41, 5.74) is 0. The molecule has 0 aromatic carbocycles. The van der Waals surface area contributed by atoms with Crippen molar-refractivity contribution in [2.24, 2.45) is 10.9 Å². The van der Waals surface area contributed by atoms with Gasteiger partial charge in [-0.2, -0.15) is 0 Å². The Labute approximate surface area is 167 Å². The smallest absolute Gasteiger partial charge is 0.244 e. The van der Waals surface area contributed by atoms with Crippen molar-refractivity contribution in [2.75, 3.05) is 45.8 Å². The number of aliphatic imine (C=N–C) groups is 1. The van der Waals surface area contributed by atoms with E-state index in [1.165, 1.54) is 24.3 Å². The average molecular weight is 392 g/mol. The van der Waals surface area contributed by atoms with E-state index in [0.717, 1.165) is 58.1 Å². The molecule has 27 heavy (non-hydrogen) atoms. The number of piperidine rings is 1. The minimum absolute atomic E-state index is 0.143. The van der Waals surface area contributed by atoms with Gasteiger partial charge >= 0.3 is 0 Å². The average Bonchev–Trinajstić information content (AvgIpc) is 3.38. The SMILES string of the molecule is CCNC(=NCC(=O)N1CCCC1)NCC1CCCN(Cc2cccs2)C1. The molecule has 3 heterocycles. The number of rotatable bonds is 7. The monoisotopic (exact) mass is 391 g/mol. The van der Waals surface area contributed by atoms with Crippen LogP contribution in [-0.4, -0.2) is 67.5 Å². The van der Waals surface area contributed by atoms with Crippen LogP contribution in [0.2, 0.25) is 0 Å². The van der Waals surface area contributed by atoms with Crippen molar-refractivity contribution < 1.29 is 4.79 Å². The molecule has 2 aliphatic rings. The summed E-state index contributed by atoms with van der Waals surface area (Å²) in [5.74, 6) is 1.53. The quantitative estimate of drug-likeness (QED) is 0.552. The molecule has 150 valence electrons. The molecule has 2 N–H and O–H groups in total. The number of hydrogen-bond donors (Lipinski definition) is 2. The second-order valence-corrected chi connectivity index (χ2v) is 8.52. The van der Waals surface area contributed by atoms with Crippen molar-refractivity contribution in [2.45, 2.75) is 39.2 Å². The van der Waals surface area contributed by atoms with Crippen molar-refractivity contribution >= 4 is 23.2 Å². The minimum Gasteiger partial charge on any atom is -0.357 e. The second-order valence-electron chi connectivity index (χ2n) is 7.49. The van der Waals surface area contributed by atoms with Crippen molar-refractivity contribution in [3.05, 3.63) is 22.4 Å². The Morgan fingerprint density at radius 2 is 2.11 bits per heavy atom.